The fourth-order valence-electron chi connectivity index (χ4n) is 4.79. The van der Waals surface area contributed by atoms with E-state index in [-0.39, 0.29) is 44.4 Å². The predicted molar refractivity (Wildman–Crippen MR) is 177 cm³/mol. The van der Waals surface area contributed by atoms with Gasteiger partial charge in [0.05, 0.1) is 42.3 Å². The normalized spacial score (nSPS) is 10.6. The van der Waals surface area contributed by atoms with Gasteiger partial charge in [-0.05, 0) is 65.2 Å². The highest BCUT2D eigenvalue weighted by atomic mass is 16.2. The van der Waals surface area contributed by atoms with Gasteiger partial charge >= 0.3 is 0 Å². The van der Waals surface area contributed by atoms with Crippen LogP contribution < -0.4 is 16.4 Å². The first-order valence-electron chi connectivity index (χ1n) is 15.0. The van der Waals surface area contributed by atoms with E-state index in [1.807, 2.05) is 78.9 Å². The molecule has 0 bridgehead atoms. The number of aromatic nitrogens is 3. The number of rotatable bonds is 13. The molecule has 0 atom stereocenters. The SMILES string of the molecule is NC(=O)CNC(=O)CN(CCNC(=O)c1ccccc1)C(=O)Cc1ccc(-c2cc(-c3ccccn3)nc(-c3ccccn3)c2)cc1. The Morgan fingerprint density at radius 1 is 0.681 bits per heavy atom. The van der Waals surface area contributed by atoms with Gasteiger partial charge in [0, 0.05) is 31.0 Å². The minimum Gasteiger partial charge on any atom is -0.368 e. The monoisotopic (exact) mass is 627 g/mol. The lowest BCUT2D eigenvalue weighted by molar-refractivity contribution is -0.135. The first-order valence-corrected chi connectivity index (χ1v) is 15.0. The molecule has 47 heavy (non-hydrogen) atoms. The summed E-state index contributed by atoms with van der Waals surface area (Å²) in [7, 11) is 0. The Kier molecular flexibility index (Phi) is 10.7. The first-order chi connectivity index (χ1) is 22.9. The van der Waals surface area contributed by atoms with Crippen molar-refractivity contribution in [1.29, 1.82) is 0 Å². The third kappa shape index (κ3) is 9.14. The van der Waals surface area contributed by atoms with Crippen LogP contribution in [-0.4, -0.2) is 69.7 Å². The van der Waals surface area contributed by atoms with E-state index in [0.29, 0.717) is 17.0 Å². The molecular formula is C36H33N7O4. The van der Waals surface area contributed by atoms with Gasteiger partial charge in [0.25, 0.3) is 5.91 Å². The summed E-state index contributed by atoms with van der Waals surface area (Å²) in [5, 5.41) is 5.18. The van der Waals surface area contributed by atoms with Crippen molar-refractivity contribution in [3.8, 4) is 33.9 Å². The number of nitrogens with zero attached hydrogens (tertiary/aromatic N) is 4. The summed E-state index contributed by atoms with van der Waals surface area (Å²) in [6.45, 7) is -0.426. The third-order valence-corrected chi connectivity index (χ3v) is 7.17. The van der Waals surface area contributed by atoms with Crippen LogP contribution in [0, 0.1) is 0 Å². The van der Waals surface area contributed by atoms with Gasteiger partial charge in [-0.1, -0.05) is 54.6 Å². The van der Waals surface area contributed by atoms with E-state index in [4.69, 9.17) is 10.7 Å². The van der Waals surface area contributed by atoms with Crippen molar-refractivity contribution >= 4 is 23.6 Å². The number of carbonyl (C=O) groups excluding carboxylic acids is 4. The van der Waals surface area contributed by atoms with Crippen LogP contribution in [0.25, 0.3) is 33.9 Å². The average Bonchev–Trinajstić information content (AvgIpc) is 3.11. The number of amides is 4. The van der Waals surface area contributed by atoms with Gasteiger partial charge in [-0.15, -0.1) is 0 Å². The van der Waals surface area contributed by atoms with Gasteiger partial charge in [-0.25, -0.2) is 4.98 Å². The number of primary amides is 1. The van der Waals surface area contributed by atoms with Crippen molar-refractivity contribution < 1.29 is 19.2 Å². The molecule has 3 aromatic heterocycles. The van der Waals surface area contributed by atoms with Gasteiger partial charge in [-0.3, -0.25) is 29.1 Å². The number of nitrogens with two attached hydrogens (primary N) is 1. The molecule has 0 spiro atoms. The maximum atomic E-state index is 13.4. The Hall–Kier alpha value is -6.23. The molecule has 0 aliphatic carbocycles. The fourth-order valence-corrected chi connectivity index (χ4v) is 4.79. The number of nitrogens with one attached hydrogen (secondary N) is 2. The zero-order valence-corrected chi connectivity index (χ0v) is 25.5. The van der Waals surface area contributed by atoms with Crippen LogP contribution in [0.3, 0.4) is 0 Å². The quantitative estimate of drug-likeness (QED) is 0.181. The zero-order valence-electron chi connectivity index (χ0n) is 25.5. The van der Waals surface area contributed by atoms with Crippen LogP contribution in [0.1, 0.15) is 15.9 Å². The molecule has 0 aliphatic heterocycles. The lowest BCUT2D eigenvalue weighted by Gasteiger charge is -2.22. The summed E-state index contributed by atoms with van der Waals surface area (Å²) in [4.78, 5) is 64.6. The fraction of sp³-hybridized carbons (Fsp3) is 0.139. The second kappa shape index (κ2) is 15.7. The Bertz CT molecular complexity index is 1780. The van der Waals surface area contributed by atoms with Crippen LogP contribution in [0.4, 0.5) is 0 Å². The van der Waals surface area contributed by atoms with Crippen molar-refractivity contribution in [2.75, 3.05) is 26.2 Å². The molecule has 11 heteroatoms. The van der Waals surface area contributed by atoms with Crippen LogP contribution in [0.15, 0.2) is 116 Å². The Morgan fingerprint density at radius 3 is 1.87 bits per heavy atom. The second-order valence-electron chi connectivity index (χ2n) is 10.6. The number of benzene rings is 2. The molecule has 0 fully saturated rings. The minimum absolute atomic E-state index is 0.0186. The molecule has 0 radical (unpaired) electrons. The zero-order chi connectivity index (χ0) is 33.0. The highest BCUT2D eigenvalue weighted by Crippen LogP contribution is 2.29. The number of hydrogen-bond donors (Lipinski definition) is 3. The molecule has 0 saturated carbocycles. The van der Waals surface area contributed by atoms with Crippen LogP contribution in [-0.2, 0) is 20.8 Å². The topological polar surface area (TPSA) is 160 Å². The maximum Gasteiger partial charge on any atom is 0.251 e. The minimum atomic E-state index is -0.694. The summed E-state index contributed by atoms with van der Waals surface area (Å²) in [6, 6.07) is 31.5. The highest BCUT2D eigenvalue weighted by molar-refractivity contribution is 5.94. The standard InChI is InChI=1S/C36H33N7O4/c37-33(44)23-41-34(45)24-43(19-18-40-36(47)27-8-2-1-3-9-27)35(46)20-25-12-14-26(15-13-25)28-21-31(29-10-4-6-16-38-29)42-32(22-28)30-11-5-7-17-39-30/h1-17,21-22H,18-20,23-24H2,(H2,37,44)(H,40,47)(H,41,45). The van der Waals surface area contributed by atoms with Crippen molar-refractivity contribution in [3.63, 3.8) is 0 Å². The van der Waals surface area contributed by atoms with E-state index < -0.39 is 11.8 Å². The van der Waals surface area contributed by atoms with Gasteiger partial charge < -0.3 is 21.3 Å². The summed E-state index contributed by atoms with van der Waals surface area (Å²) < 4.78 is 0. The molecule has 0 aliphatic rings. The lowest BCUT2D eigenvalue weighted by atomic mass is 10.0. The van der Waals surface area contributed by atoms with Crippen LogP contribution in [0.5, 0.6) is 0 Å². The van der Waals surface area contributed by atoms with Gasteiger partial charge in [0.2, 0.25) is 17.7 Å². The molecule has 5 rings (SSSR count). The number of hydrogen-bond acceptors (Lipinski definition) is 7. The molecule has 0 unspecified atom stereocenters. The van der Waals surface area contributed by atoms with Crippen LogP contribution in [0.2, 0.25) is 0 Å². The molecule has 4 amide bonds. The number of carbonyl (C=O) groups is 4. The molecule has 236 valence electrons. The van der Waals surface area contributed by atoms with E-state index in [0.717, 1.165) is 28.1 Å². The molecule has 0 saturated heterocycles. The first kappa shape index (κ1) is 32.2. The lowest BCUT2D eigenvalue weighted by Crippen LogP contribution is -2.46. The second-order valence-corrected chi connectivity index (χ2v) is 10.6. The van der Waals surface area contributed by atoms with E-state index in [2.05, 4.69) is 20.6 Å². The van der Waals surface area contributed by atoms with Gasteiger partial charge in [0.15, 0.2) is 0 Å². The van der Waals surface area contributed by atoms with Gasteiger partial charge in [0.1, 0.15) is 0 Å². The molecule has 4 N–H and O–H groups in total. The Balaban J connectivity index is 1.31. The summed E-state index contributed by atoms with van der Waals surface area (Å²) >= 11 is 0. The van der Waals surface area contributed by atoms with E-state index in [9.17, 15) is 19.2 Å². The summed E-state index contributed by atoms with van der Waals surface area (Å²) in [6.07, 6.45) is 3.46. The highest BCUT2D eigenvalue weighted by Gasteiger charge is 2.19. The average molecular weight is 628 g/mol. The third-order valence-electron chi connectivity index (χ3n) is 7.17. The smallest absolute Gasteiger partial charge is 0.251 e. The molecule has 5 aromatic rings. The van der Waals surface area contributed by atoms with E-state index >= 15 is 0 Å². The molecule has 11 nitrogen and oxygen atoms in total. The summed E-state index contributed by atoms with van der Waals surface area (Å²) in [5.74, 6) is -1.84. The maximum absolute atomic E-state index is 13.4. The molecule has 2 aromatic carbocycles. The predicted octanol–water partition coefficient (Wildman–Crippen LogP) is 3.28. The van der Waals surface area contributed by atoms with Crippen LogP contribution >= 0.6 is 0 Å². The van der Waals surface area contributed by atoms with Crippen molar-refractivity contribution in [3.05, 3.63) is 127 Å². The van der Waals surface area contributed by atoms with Crippen molar-refractivity contribution in [2.45, 2.75) is 6.42 Å². The van der Waals surface area contributed by atoms with Crippen molar-refractivity contribution in [1.82, 2.24) is 30.5 Å². The Morgan fingerprint density at radius 2 is 1.30 bits per heavy atom. The number of pyridine rings is 3. The largest absolute Gasteiger partial charge is 0.368 e. The van der Waals surface area contributed by atoms with E-state index in [1.165, 1.54) is 4.90 Å². The summed E-state index contributed by atoms with van der Waals surface area (Å²) in [5.41, 5.74) is 11.0. The van der Waals surface area contributed by atoms with E-state index in [1.54, 1.807) is 36.7 Å². The molecule has 3 heterocycles. The molecular weight excluding hydrogens is 594 g/mol. The van der Waals surface area contributed by atoms with Crippen molar-refractivity contribution in [2.24, 2.45) is 5.73 Å². The van der Waals surface area contributed by atoms with Gasteiger partial charge in [-0.2, -0.15) is 0 Å². The Labute approximate surface area is 271 Å².